The first-order chi connectivity index (χ1) is 10.1. The highest BCUT2D eigenvalue weighted by atomic mass is 127. The van der Waals surface area contributed by atoms with Crippen molar-refractivity contribution in [2.45, 2.75) is 38.7 Å². The van der Waals surface area contributed by atoms with Gasteiger partial charge in [0.1, 0.15) is 0 Å². The van der Waals surface area contributed by atoms with Gasteiger partial charge < -0.3 is 15.4 Å². The number of hydrogen-bond donors (Lipinski definition) is 2. The van der Waals surface area contributed by atoms with E-state index < -0.39 is 0 Å². The molecule has 1 saturated heterocycles. The third-order valence-electron chi connectivity index (χ3n) is 3.51. The molecule has 0 aromatic carbocycles. The number of hydrogen-bond acceptors (Lipinski definition) is 3. The minimum absolute atomic E-state index is 0. The van der Waals surface area contributed by atoms with E-state index in [0.29, 0.717) is 6.54 Å². The predicted octanol–water partition coefficient (Wildman–Crippen LogP) is 3.80. The van der Waals surface area contributed by atoms with Crippen molar-refractivity contribution < 1.29 is 4.74 Å². The summed E-state index contributed by atoms with van der Waals surface area (Å²) < 4.78 is 6.96. The van der Waals surface area contributed by atoms with Gasteiger partial charge in [-0.15, -0.1) is 35.3 Å². The number of nitrogens with one attached hydrogen (secondary N) is 2. The molecular weight excluding hydrogens is 477 g/mol. The van der Waals surface area contributed by atoms with Crippen LogP contribution in [0.5, 0.6) is 0 Å². The van der Waals surface area contributed by atoms with Crippen molar-refractivity contribution >= 4 is 57.2 Å². The van der Waals surface area contributed by atoms with Crippen LogP contribution in [0.1, 0.15) is 31.6 Å². The summed E-state index contributed by atoms with van der Waals surface area (Å²) in [6.45, 7) is 7.57. The van der Waals surface area contributed by atoms with Crippen molar-refractivity contribution in [2.24, 2.45) is 4.99 Å². The molecule has 0 bridgehead atoms. The van der Waals surface area contributed by atoms with Crippen LogP contribution in [0.25, 0.3) is 0 Å². The van der Waals surface area contributed by atoms with Gasteiger partial charge in [-0.3, -0.25) is 4.99 Å². The summed E-state index contributed by atoms with van der Waals surface area (Å²) in [5.41, 5.74) is -0.0824. The maximum atomic E-state index is 5.78. The van der Waals surface area contributed by atoms with Gasteiger partial charge >= 0.3 is 0 Å². The lowest BCUT2D eigenvalue weighted by atomic mass is 10.0. The first-order valence-corrected chi connectivity index (χ1v) is 9.12. The molecule has 1 atom stereocenters. The molecule has 1 aliphatic rings. The Morgan fingerprint density at radius 2 is 2.27 bits per heavy atom. The lowest BCUT2D eigenvalue weighted by molar-refractivity contribution is 0.0283. The van der Waals surface area contributed by atoms with Gasteiger partial charge in [-0.25, -0.2) is 0 Å². The van der Waals surface area contributed by atoms with Crippen LogP contribution in [0.3, 0.4) is 0 Å². The molecule has 2 rings (SSSR count). The third kappa shape index (κ3) is 6.72. The highest BCUT2D eigenvalue weighted by Gasteiger charge is 2.29. The van der Waals surface area contributed by atoms with E-state index >= 15 is 0 Å². The number of thiophene rings is 1. The molecule has 0 amide bonds. The van der Waals surface area contributed by atoms with Crippen LogP contribution >= 0.6 is 51.2 Å². The van der Waals surface area contributed by atoms with Crippen molar-refractivity contribution in [3.8, 4) is 0 Å². The smallest absolute Gasteiger partial charge is 0.191 e. The Labute approximate surface area is 162 Å². The Kier molecular flexibility index (Phi) is 9.27. The van der Waals surface area contributed by atoms with E-state index in [1.54, 1.807) is 11.3 Å². The fourth-order valence-electron chi connectivity index (χ4n) is 2.34. The molecule has 1 fully saturated rings. The second-order valence-electron chi connectivity index (χ2n) is 5.48. The first-order valence-electron chi connectivity index (χ1n) is 7.52. The van der Waals surface area contributed by atoms with Gasteiger partial charge in [-0.05, 0) is 61.2 Å². The zero-order chi connectivity index (χ0) is 15.1. The van der Waals surface area contributed by atoms with Crippen molar-refractivity contribution in [1.29, 1.82) is 0 Å². The molecule has 1 aromatic heterocycles. The standard InChI is InChI=1S/C15H24BrN3OS.HI/c1-3-17-14(19-11-15(2)8-4-10-20-15)18-9-7-12-5-6-13(16)21-12;/h5-6H,3-4,7-11H2,1-2H3,(H2,17,18,19);1H. The van der Waals surface area contributed by atoms with Gasteiger partial charge in [0, 0.05) is 24.6 Å². The average Bonchev–Trinajstić information content (AvgIpc) is 3.06. The molecule has 4 nitrogen and oxygen atoms in total. The van der Waals surface area contributed by atoms with E-state index in [9.17, 15) is 0 Å². The molecule has 22 heavy (non-hydrogen) atoms. The van der Waals surface area contributed by atoms with E-state index in [-0.39, 0.29) is 29.6 Å². The second kappa shape index (κ2) is 10.1. The van der Waals surface area contributed by atoms with E-state index in [1.807, 2.05) is 0 Å². The van der Waals surface area contributed by atoms with Gasteiger partial charge in [0.15, 0.2) is 5.96 Å². The Morgan fingerprint density at radius 1 is 1.45 bits per heavy atom. The van der Waals surface area contributed by atoms with E-state index in [0.717, 1.165) is 44.9 Å². The number of rotatable bonds is 6. The lowest BCUT2D eigenvalue weighted by Gasteiger charge is -2.21. The minimum atomic E-state index is -0.0824. The largest absolute Gasteiger partial charge is 0.373 e. The number of ether oxygens (including phenoxy) is 1. The Morgan fingerprint density at radius 3 is 2.86 bits per heavy atom. The fraction of sp³-hybridized carbons (Fsp3) is 0.667. The molecule has 2 heterocycles. The van der Waals surface area contributed by atoms with Crippen molar-refractivity contribution in [3.63, 3.8) is 0 Å². The van der Waals surface area contributed by atoms with Crippen LogP contribution in [0, 0.1) is 0 Å². The third-order valence-corrected chi connectivity index (χ3v) is 5.19. The summed E-state index contributed by atoms with van der Waals surface area (Å²) in [4.78, 5) is 6.04. The number of guanidine groups is 1. The molecular formula is C15H25BrIN3OS. The molecule has 7 heteroatoms. The second-order valence-corrected chi connectivity index (χ2v) is 8.03. The molecule has 0 radical (unpaired) electrons. The van der Waals surface area contributed by atoms with Crippen LogP contribution in [0.2, 0.25) is 0 Å². The topological polar surface area (TPSA) is 45.7 Å². The minimum Gasteiger partial charge on any atom is -0.373 e. The van der Waals surface area contributed by atoms with Crippen LogP contribution in [-0.4, -0.2) is 37.8 Å². The number of aliphatic imine (C=N–C) groups is 1. The number of halogens is 2. The van der Waals surface area contributed by atoms with Gasteiger partial charge in [0.2, 0.25) is 0 Å². The summed E-state index contributed by atoms with van der Waals surface area (Å²) in [6, 6.07) is 4.26. The Hall–Kier alpha value is 0.140. The monoisotopic (exact) mass is 501 g/mol. The Bertz CT molecular complexity index is 475. The van der Waals surface area contributed by atoms with Gasteiger partial charge in [-0.1, -0.05) is 0 Å². The van der Waals surface area contributed by atoms with E-state index in [4.69, 9.17) is 4.74 Å². The zero-order valence-corrected chi connectivity index (χ0v) is 17.9. The summed E-state index contributed by atoms with van der Waals surface area (Å²) in [6.07, 6.45) is 3.25. The van der Waals surface area contributed by atoms with Crippen LogP contribution < -0.4 is 10.6 Å². The quantitative estimate of drug-likeness (QED) is 0.354. The highest BCUT2D eigenvalue weighted by Crippen LogP contribution is 2.25. The first kappa shape index (κ1) is 20.2. The van der Waals surface area contributed by atoms with Crippen LogP contribution in [-0.2, 0) is 11.2 Å². The SMILES string of the molecule is CCNC(=NCC1(C)CCCO1)NCCc1ccc(Br)s1.I. The Balaban J connectivity index is 0.00000242. The highest BCUT2D eigenvalue weighted by molar-refractivity contribution is 14.0. The van der Waals surface area contributed by atoms with E-state index in [2.05, 4.69) is 57.5 Å². The van der Waals surface area contributed by atoms with Crippen molar-refractivity contribution in [3.05, 3.63) is 20.8 Å². The maximum absolute atomic E-state index is 5.78. The molecule has 0 saturated carbocycles. The molecule has 1 aliphatic heterocycles. The van der Waals surface area contributed by atoms with Gasteiger partial charge in [-0.2, -0.15) is 0 Å². The summed E-state index contributed by atoms with van der Waals surface area (Å²) in [5, 5.41) is 6.69. The van der Waals surface area contributed by atoms with Gasteiger partial charge in [0.05, 0.1) is 15.9 Å². The van der Waals surface area contributed by atoms with E-state index in [1.165, 1.54) is 8.66 Å². The van der Waals surface area contributed by atoms with Crippen molar-refractivity contribution in [2.75, 3.05) is 26.2 Å². The lowest BCUT2D eigenvalue weighted by Crippen LogP contribution is -2.40. The predicted molar refractivity (Wildman–Crippen MR) is 109 cm³/mol. The van der Waals surface area contributed by atoms with Crippen LogP contribution in [0.15, 0.2) is 20.9 Å². The van der Waals surface area contributed by atoms with Crippen molar-refractivity contribution in [1.82, 2.24) is 10.6 Å². The summed E-state index contributed by atoms with van der Waals surface area (Å²) in [5.74, 6) is 0.879. The summed E-state index contributed by atoms with van der Waals surface area (Å²) in [7, 11) is 0. The molecule has 0 spiro atoms. The fourth-order valence-corrected chi connectivity index (χ4v) is 3.82. The zero-order valence-electron chi connectivity index (χ0n) is 13.2. The van der Waals surface area contributed by atoms with Crippen LogP contribution in [0.4, 0.5) is 0 Å². The average molecular weight is 502 g/mol. The molecule has 2 N–H and O–H groups in total. The number of nitrogens with zero attached hydrogens (tertiary/aromatic N) is 1. The summed E-state index contributed by atoms with van der Waals surface area (Å²) >= 11 is 5.28. The molecule has 1 aromatic rings. The van der Waals surface area contributed by atoms with Gasteiger partial charge in [0.25, 0.3) is 0 Å². The molecule has 126 valence electrons. The molecule has 1 unspecified atom stereocenters. The normalized spacial score (nSPS) is 21.5. The molecule has 0 aliphatic carbocycles. The maximum Gasteiger partial charge on any atom is 0.191 e.